The summed E-state index contributed by atoms with van der Waals surface area (Å²) in [6.07, 6.45) is 4.70. The van der Waals surface area contributed by atoms with Gasteiger partial charge in [-0.05, 0) is 42.0 Å². The summed E-state index contributed by atoms with van der Waals surface area (Å²) in [4.78, 5) is 25.4. The summed E-state index contributed by atoms with van der Waals surface area (Å²) in [5.41, 5.74) is 1.17. The van der Waals surface area contributed by atoms with Gasteiger partial charge in [-0.2, -0.15) is 0 Å². The van der Waals surface area contributed by atoms with Crippen LogP contribution in [-0.4, -0.2) is 36.9 Å². The molecule has 0 saturated heterocycles. The van der Waals surface area contributed by atoms with Crippen molar-refractivity contribution >= 4 is 23.6 Å². The van der Waals surface area contributed by atoms with Crippen molar-refractivity contribution in [2.45, 2.75) is 0 Å². The van der Waals surface area contributed by atoms with Crippen LogP contribution in [0.3, 0.4) is 0 Å². The highest BCUT2D eigenvalue weighted by Gasteiger charge is 2.11. The van der Waals surface area contributed by atoms with Crippen LogP contribution in [0.1, 0.15) is 5.56 Å². The van der Waals surface area contributed by atoms with Gasteiger partial charge in [0.25, 0.3) is 0 Å². The zero-order chi connectivity index (χ0) is 19.6. The smallest absolute Gasteiger partial charge is 0.246 e. The average Bonchev–Trinajstić information content (AvgIpc) is 2.65. The molecular formula is C21H21FN2O3. The Balaban J connectivity index is 1.86. The first-order valence-electron chi connectivity index (χ1n) is 8.30. The van der Waals surface area contributed by atoms with Crippen LogP contribution in [-0.2, 0) is 9.59 Å². The molecule has 0 heterocycles. The lowest BCUT2D eigenvalue weighted by Gasteiger charge is -2.14. The van der Waals surface area contributed by atoms with Crippen molar-refractivity contribution in [1.82, 2.24) is 4.90 Å². The molecular weight excluding hydrogens is 347 g/mol. The molecule has 2 aromatic carbocycles. The fraction of sp³-hybridized carbons (Fsp3) is 0.143. The molecule has 0 aliphatic heterocycles. The van der Waals surface area contributed by atoms with E-state index < -0.39 is 11.7 Å². The lowest BCUT2D eigenvalue weighted by Crippen LogP contribution is -2.33. The van der Waals surface area contributed by atoms with Crippen molar-refractivity contribution in [2.24, 2.45) is 0 Å². The Kier molecular flexibility index (Phi) is 7.31. The molecule has 0 unspecified atom stereocenters. The van der Waals surface area contributed by atoms with E-state index in [4.69, 9.17) is 4.74 Å². The molecule has 2 amide bonds. The third kappa shape index (κ3) is 6.78. The first kappa shape index (κ1) is 19.9. The summed E-state index contributed by atoms with van der Waals surface area (Å²) < 4.78 is 18.5. The number of likely N-dealkylation sites (N-methyl/N-ethyl adjacent to an activating group) is 1. The van der Waals surface area contributed by atoms with Gasteiger partial charge in [0.2, 0.25) is 11.8 Å². The van der Waals surface area contributed by atoms with E-state index in [-0.39, 0.29) is 12.5 Å². The van der Waals surface area contributed by atoms with Crippen LogP contribution in [0.4, 0.5) is 10.1 Å². The molecule has 2 rings (SSSR count). The van der Waals surface area contributed by atoms with E-state index in [0.29, 0.717) is 18.0 Å². The highest BCUT2D eigenvalue weighted by molar-refractivity contribution is 5.97. The van der Waals surface area contributed by atoms with Crippen LogP contribution < -0.4 is 10.1 Å². The van der Waals surface area contributed by atoms with Gasteiger partial charge in [0.05, 0.1) is 6.54 Å². The maximum atomic E-state index is 13.1. The van der Waals surface area contributed by atoms with E-state index >= 15 is 0 Å². The number of amides is 2. The van der Waals surface area contributed by atoms with Crippen LogP contribution in [0.5, 0.6) is 5.75 Å². The largest absolute Gasteiger partial charge is 0.490 e. The summed E-state index contributed by atoms with van der Waals surface area (Å²) >= 11 is 0. The molecule has 6 heteroatoms. The summed E-state index contributed by atoms with van der Waals surface area (Å²) in [6, 6.07) is 12.8. The third-order valence-electron chi connectivity index (χ3n) is 3.53. The molecule has 0 saturated carbocycles. The standard InChI is InChI=1S/C21H21FN2O3/c1-3-13-27-19-10-7-16(8-11-19)9-12-21(26)24(2)15-20(25)23-18-6-4-5-17(22)14-18/h3-12,14H,1,13,15H2,2H3,(H,23,25)/b12-9+. The minimum absolute atomic E-state index is 0.145. The van der Waals surface area contributed by atoms with Gasteiger partial charge in [0.15, 0.2) is 0 Å². The van der Waals surface area contributed by atoms with Crippen molar-refractivity contribution < 1.29 is 18.7 Å². The number of nitrogens with zero attached hydrogens (tertiary/aromatic N) is 1. The number of halogens is 1. The Morgan fingerprint density at radius 1 is 1.22 bits per heavy atom. The summed E-state index contributed by atoms with van der Waals surface area (Å²) in [7, 11) is 1.52. The van der Waals surface area contributed by atoms with E-state index in [2.05, 4.69) is 11.9 Å². The number of anilines is 1. The maximum absolute atomic E-state index is 13.1. The van der Waals surface area contributed by atoms with E-state index in [1.54, 1.807) is 30.4 Å². The van der Waals surface area contributed by atoms with Gasteiger partial charge in [0, 0.05) is 18.8 Å². The average molecular weight is 368 g/mol. The molecule has 0 bridgehead atoms. The topological polar surface area (TPSA) is 58.6 Å². The Morgan fingerprint density at radius 3 is 2.63 bits per heavy atom. The first-order valence-corrected chi connectivity index (χ1v) is 8.30. The second kappa shape index (κ2) is 9.91. The van der Waals surface area contributed by atoms with Gasteiger partial charge in [-0.15, -0.1) is 0 Å². The van der Waals surface area contributed by atoms with E-state index in [0.717, 1.165) is 5.56 Å². The summed E-state index contributed by atoms with van der Waals surface area (Å²) in [5.74, 6) is -0.462. The van der Waals surface area contributed by atoms with Crippen LogP contribution >= 0.6 is 0 Å². The maximum Gasteiger partial charge on any atom is 0.246 e. The molecule has 1 N–H and O–H groups in total. The molecule has 0 spiro atoms. The monoisotopic (exact) mass is 368 g/mol. The molecule has 0 aliphatic carbocycles. The predicted octanol–water partition coefficient (Wildman–Crippen LogP) is 3.50. The van der Waals surface area contributed by atoms with Crippen LogP contribution in [0, 0.1) is 5.82 Å². The number of hydrogen-bond acceptors (Lipinski definition) is 3. The minimum atomic E-state index is -0.443. The van der Waals surface area contributed by atoms with Crippen LogP contribution in [0.25, 0.3) is 6.08 Å². The molecule has 0 atom stereocenters. The van der Waals surface area contributed by atoms with E-state index in [1.807, 2.05) is 12.1 Å². The van der Waals surface area contributed by atoms with Gasteiger partial charge in [-0.25, -0.2) is 4.39 Å². The first-order chi connectivity index (χ1) is 13.0. The van der Waals surface area contributed by atoms with Gasteiger partial charge in [-0.3, -0.25) is 9.59 Å². The quantitative estimate of drug-likeness (QED) is 0.573. The number of carbonyl (C=O) groups excluding carboxylic acids is 2. The Bertz CT molecular complexity index is 832. The minimum Gasteiger partial charge on any atom is -0.490 e. The van der Waals surface area contributed by atoms with Gasteiger partial charge in [-0.1, -0.05) is 30.9 Å². The highest BCUT2D eigenvalue weighted by Crippen LogP contribution is 2.13. The Hall–Kier alpha value is -3.41. The molecule has 5 nitrogen and oxygen atoms in total. The predicted molar refractivity (Wildman–Crippen MR) is 104 cm³/mol. The molecule has 27 heavy (non-hydrogen) atoms. The second-order valence-electron chi connectivity index (χ2n) is 5.75. The molecule has 0 aromatic heterocycles. The Morgan fingerprint density at radius 2 is 1.96 bits per heavy atom. The van der Waals surface area contributed by atoms with Gasteiger partial charge < -0.3 is 15.0 Å². The summed E-state index contributed by atoms with van der Waals surface area (Å²) in [6.45, 7) is 3.86. The molecule has 140 valence electrons. The summed E-state index contributed by atoms with van der Waals surface area (Å²) in [5, 5.41) is 2.55. The number of nitrogens with one attached hydrogen (secondary N) is 1. The molecule has 0 radical (unpaired) electrons. The number of ether oxygens (including phenoxy) is 1. The van der Waals surface area contributed by atoms with E-state index in [1.165, 1.54) is 36.2 Å². The van der Waals surface area contributed by atoms with Crippen molar-refractivity contribution in [2.75, 3.05) is 25.5 Å². The fourth-order valence-corrected chi connectivity index (χ4v) is 2.19. The number of rotatable bonds is 8. The lowest BCUT2D eigenvalue weighted by molar-refractivity contribution is -0.129. The number of hydrogen-bond donors (Lipinski definition) is 1. The normalized spacial score (nSPS) is 10.4. The fourth-order valence-electron chi connectivity index (χ4n) is 2.19. The molecule has 0 fully saturated rings. The van der Waals surface area contributed by atoms with Crippen LogP contribution in [0.15, 0.2) is 67.3 Å². The Labute approximate surface area is 157 Å². The van der Waals surface area contributed by atoms with Gasteiger partial charge >= 0.3 is 0 Å². The zero-order valence-electron chi connectivity index (χ0n) is 15.0. The highest BCUT2D eigenvalue weighted by atomic mass is 19.1. The number of benzene rings is 2. The van der Waals surface area contributed by atoms with Crippen molar-refractivity contribution in [3.63, 3.8) is 0 Å². The van der Waals surface area contributed by atoms with E-state index in [9.17, 15) is 14.0 Å². The van der Waals surface area contributed by atoms with Gasteiger partial charge in [0.1, 0.15) is 18.2 Å². The zero-order valence-corrected chi connectivity index (χ0v) is 15.0. The number of carbonyl (C=O) groups is 2. The molecule has 2 aromatic rings. The molecule has 0 aliphatic rings. The second-order valence-corrected chi connectivity index (χ2v) is 5.75. The van der Waals surface area contributed by atoms with Crippen molar-refractivity contribution in [3.05, 3.63) is 78.6 Å². The third-order valence-corrected chi connectivity index (χ3v) is 3.53. The van der Waals surface area contributed by atoms with Crippen molar-refractivity contribution in [3.8, 4) is 5.75 Å². The lowest BCUT2D eigenvalue weighted by atomic mass is 10.2. The SMILES string of the molecule is C=CCOc1ccc(/C=C/C(=O)N(C)CC(=O)Nc2cccc(F)c2)cc1. The van der Waals surface area contributed by atoms with Crippen molar-refractivity contribution in [1.29, 1.82) is 0 Å². The van der Waals surface area contributed by atoms with Crippen LogP contribution in [0.2, 0.25) is 0 Å².